The summed E-state index contributed by atoms with van der Waals surface area (Å²) < 4.78 is 0. The molecule has 1 fully saturated rings. The molecule has 0 aromatic carbocycles. The Hall–Kier alpha value is -1.69. The van der Waals surface area contributed by atoms with Crippen molar-refractivity contribution in [2.75, 3.05) is 11.9 Å². The highest BCUT2D eigenvalue weighted by Gasteiger charge is 2.36. The van der Waals surface area contributed by atoms with Crippen LogP contribution in [0.15, 0.2) is 18.3 Å². The Balaban J connectivity index is 2.15. The van der Waals surface area contributed by atoms with Gasteiger partial charge in [-0.25, -0.2) is 4.98 Å². The van der Waals surface area contributed by atoms with Crippen LogP contribution in [0.1, 0.15) is 19.3 Å². The van der Waals surface area contributed by atoms with Gasteiger partial charge in [0.2, 0.25) is 0 Å². The van der Waals surface area contributed by atoms with E-state index in [0.717, 1.165) is 19.3 Å². The van der Waals surface area contributed by atoms with E-state index in [4.69, 9.17) is 0 Å². The lowest BCUT2D eigenvalue weighted by Gasteiger charge is -2.41. The molecule has 1 aliphatic rings. The molecule has 86 valence electrons. The fourth-order valence-corrected chi connectivity index (χ4v) is 1.80. The fraction of sp³-hybridized carbons (Fsp3) is 0.500. The largest absolute Gasteiger partial charge is 0.394 e. The quantitative estimate of drug-likeness (QED) is 0.593. The van der Waals surface area contributed by atoms with E-state index in [1.807, 2.05) is 0 Å². The van der Waals surface area contributed by atoms with Crippen molar-refractivity contribution in [3.63, 3.8) is 0 Å². The van der Waals surface area contributed by atoms with Gasteiger partial charge in [-0.3, -0.25) is 10.1 Å². The van der Waals surface area contributed by atoms with Crippen LogP contribution in [0, 0.1) is 10.1 Å². The van der Waals surface area contributed by atoms with Crippen molar-refractivity contribution >= 4 is 11.5 Å². The number of aromatic nitrogens is 1. The highest BCUT2D eigenvalue weighted by molar-refractivity contribution is 5.46. The number of pyridine rings is 1. The predicted octanol–water partition coefficient (Wildman–Crippen LogP) is 1.32. The van der Waals surface area contributed by atoms with Crippen molar-refractivity contribution in [3.05, 3.63) is 28.4 Å². The monoisotopic (exact) mass is 223 g/mol. The Kier molecular flexibility index (Phi) is 2.74. The molecule has 1 aromatic heterocycles. The minimum absolute atomic E-state index is 0.00455. The smallest absolute Gasteiger partial charge is 0.274 e. The lowest BCUT2D eigenvalue weighted by atomic mass is 9.77. The molecule has 1 heterocycles. The fourth-order valence-electron chi connectivity index (χ4n) is 1.80. The van der Waals surface area contributed by atoms with Crippen molar-refractivity contribution < 1.29 is 10.0 Å². The second kappa shape index (κ2) is 4.05. The first-order valence-electron chi connectivity index (χ1n) is 5.15. The zero-order chi connectivity index (χ0) is 11.6. The van der Waals surface area contributed by atoms with E-state index in [-0.39, 0.29) is 17.8 Å². The molecule has 1 aromatic rings. The molecular weight excluding hydrogens is 210 g/mol. The Bertz CT molecular complexity index is 399. The van der Waals surface area contributed by atoms with Gasteiger partial charge >= 0.3 is 0 Å². The van der Waals surface area contributed by atoms with Crippen LogP contribution in [0.3, 0.4) is 0 Å². The van der Waals surface area contributed by atoms with E-state index in [2.05, 4.69) is 10.3 Å². The third-order valence-electron chi connectivity index (χ3n) is 2.96. The van der Waals surface area contributed by atoms with Crippen LogP contribution in [0.25, 0.3) is 0 Å². The number of rotatable bonds is 4. The normalized spacial score (nSPS) is 17.6. The van der Waals surface area contributed by atoms with Gasteiger partial charge in [-0.1, -0.05) is 0 Å². The van der Waals surface area contributed by atoms with Crippen molar-refractivity contribution in [1.29, 1.82) is 0 Å². The molecule has 2 N–H and O–H groups in total. The second-order valence-corrected chi connectivity index (χ2v) is 4.07. The first-order valence-corrected chi connectivity index (χ1v) is 5.15. The molecule has 1 saturated carbocycles. The maximum Gasteiger partial charge on any atom is 0.274 e. The molecule has 1 aliphatic carbocycles. The van der Waals surface area contributed by atoms with Crippen LogP contribution >= 0.6 is 0 Å². The number of aliphatic hydroxyl groups is 1. The standard InChI is InChI=1S/C10H13N3O3/c14-7-10(3-1-4-10)12-9-6-8(13(15)16)2-5-11-9/h2,5-6,14H,1,3-4,7H2,(H,11,12). The minimum Gasteiger partial charge on any atom is -0.394 e. The maximum absolute atomic E-state index is 10.6. The van der Waals surface area contributed by atoms with Gasteiger partial charge in [-0.05, 0) is 19.3 Å². The minimum atomic E-state index is -0.459. The first-order chi connectivity index (χ1) is 7.65. The summed E-state index contributed by atoms with van der Waals surface area (Å²) in [6.07, 6.45) is 4.19. The van der Waals surface area contributed by atoms with Crippen molar-refractivity contribution in [2.45, 2.75) is 24.8 Å². The molecule has 0 radical (unpaired) electrons. The topological polar surface area (TPSA) is 88.3 Å². The number of nitro groups is 1. The lowest BCUT2D eigenvalue weighted by molar-refractivity contribution is -0.384. The van der Waals surface area contributed by atoms with E-state index in [1.54, 1.807) is 0 Å². The Morgan fingerprint density at radius 2 is 2.38 bits per heavy atom. The number of hydrogen-bond acceptors (Lipinski definition) is 5. The van der Waals surface area contributed by atoms with Gasteiger partial charge in [-0.2, -0.15) is 0 Å². The van der Waals surface area contributed by atoms with Gasteiger partial charge in [0.15, 0.2) is 0 Å². The van der Waals surface area contributed by atoms with Crippen molar-refractivity contribution in [1.82, 2.24) is 4.98 Å². The summed E-state index contributed by atoms with van der Waals surface area (Å²) >= 11 is 0. The number of anilines is 1. The summed E-state index contributed by atoms with van der Waals surface area (Å²) in [5, 5.41) is 22.9. The van der Waals surface area contributed by atoms with E-state index in [9.17, 15) is 15.2 Å². The summed E-state index contributed by atoms with van der Waals surface area (Å²) in [6.45, 7) is 0.0252. The molecule has 0 bridgehead atoms. The Morgan fingerprint density at radius 3 is 2.88 bits per heavy atom. The van der Waals surface area contributed by atoms with Crippen LogP contribution in [0.2, 0.25) is 0 Å². The number of aliphatic hydroxyl groups excluding tert-OH is 1. The number of hydrogen-bond donors (Lipinski definition) is 2. The third-order valence-corrected chi connectivity index (χ3v) is 2.96. The molecule has 0 amide bonds. The van der Waals surface area contributed by atoms with Gasteiger partial charge in [0.05, 0.1) is 23.1 Å². The summed E-state index contributed by atoms with van der Waals surface area (Å²) in [5.74, 6) is 0.447. The zero-order valence-corrected chi connectivity index (χ0v) is 8.72. The van der Waals surface area contributed by atoms with Crippen LogP contribution in [-0.4, -0.2) is 27.2 Å². The lowest BCUT2D eigenvalue weighted by Crippen LogP contribution is -2.48. The summed E-state index contributed by atoms with van der Waals surface area (Å²) in [5.41, 5.74) is -0.327. The van der Waals surface area contributed by atoms with Gasteiger partial charge < -0.3 is 10.4 Å². The Morgan fingerprint density at radius 1 is 1.62 bits per heavy atom. The molecule has 0 aliphatic heterocycles. The van der Waals surface area contributed by atoms with Crippen LogP contribution < -0.4 is 5.32 Å². The molecule has 2 rings (SSSR count). The third kappa shape index (κ3) is 1.96. The van der Waals surface area contributed by atoms with Crippen LogP contribution in [0.5, 0.6) is 0 Å². The molecule has 0 unspecified atom stereocenters. The molecule has 0 saturated heterocycles. The molecular formula is C10H13N3O3. The average Bonchev–Trinajstić information content (AvgIpc) is 2.24. The van der Waals surface area contributed by atoms with Gasteiger partial charge in [-0.15, -0.1) is 0 Å². The van der Waals surface area contributed by atoms with E-state index in [0.29, 0.717) is 5.82 Å². The van der Waals surface area contributed by atoms with Gasteiger partial charge in [0, 0.05) is 12.3 Å². The maximum atomic E-state index is 10.6. The molecule has 16 heavy (non-hydrogen) atoms. The van der Waals surface area contributed by atoms with Gasteiger partial charge in [0.1, 0.15) is 5.82 Å². The van der Waals surface area contributed by atoms with E-state index in [1.165, 1.54) is 18.3 Å². The van der Waals surface area contributed by atoms with Crippen LogP contribution in [0.4, 0.5) is 11.5 Å². The van der Waals surface area contributed by atoms with Gasteiger partial charge in [0.25, 0.3) is 5.69 Å². The summed E-state index contributed by atoms with van der Waals surface area (Å²) in [7, 11) is 0. The van der Waals surface area contributed by atoms with E-state index >= 15 is 0 Å². The number of nitrogens with one attached hydrogen (secondary N) is 1. The zero-order valence-electron chi connectivity index (χ0n) is 8.72. The highest BCUT2D eigenvalue weighted by Crippen LogP contribution is 2.34. The van der Waals surface area contributed by atoms with E-state index < -0.39 is 4.92 Å². The number of nitrogens with zero attached hydrogens (tertiary/aromatic N) is 2. The Labute approximate surface area is 92.5 Å². The highest BCUT2D eigenvalue weighted by atomic mass is 16.6. The SMILES string of the molecule is O=[N+]([O-])c1ccnc(NC2(CO)CCC2)c1. The molecule has 0 atom stereocenters. The predicted molar refractivity (Wildman–Crippen MR) is 58.2 cm³/mol. The van der Waals surface area contributed by atoms with Crippen molar-refractivity contribution in [3.8, 4) is 0 Å². The average molecular weight is 223 g/mol. The second-order valence-electron chi connectivity index (χ2n) is 4.07. The summed E-state index contributed by atoms with van der Waals surface area (Å²) in [4.78, 5) is 14.1. The first kappa shape index (κ1) is 10.8. The summed E-state index contributed by atoms with van der Waals surface area (Å²) in [6, 6.07) is 2.73. The molecule has 0 spiro atoms. The molecule has 6 nitrogen and oxygen atoms in total. The molecule has 6 heteroatoms. The van der Waals surface area contributed by atoms with Crippen LogP contribution in [-0.2, 0) is 0 Å². The van der Waals surface area contributed by atoms with Crippen molar-refractivity contribution in [2.24, 2.45) is 0 Å².